The van der Waals surface area contributed by atoms with Crippen molar-refractivity contribution in [1.82, 2.24) is 9.29 Å². The number of nitrogens with zero attached hydrogens (tertiary/aromatic N) is 2. The van der Waals surface area contributed by atoms with Gasteiger partial charge in [0.15, 0.2) is 5.13 Å². The lowest BCUT2D eigenvalue weighted by Crippen LogP contribution is -2.37. The van der Waals surface area contributed by atoms with E-state index in [9.17, 15) is 13.2 Å². The van der Waals surface area contributed by atoms with E-state index in [1.165, 1.54) is 11.3 Å². The summed E-state index contributed by atoms with van der Waals surface area (Å²) in [5, 5.41) is 3.38. The molecule has 0 spiro atoms. The first-order chi connectivity index (χ1) is 13.6. The van der Waals surface area contributed by atoms with Crippen molar-refractivity contribution in [3.8, 4) is 0 Å². The van der Waals surface area contributed by atoms with Crippen LogP contribution in [0, 0.1) is 17.8 Å². The monoisotopic (exact) mass is 439 g/mol. The molecule has 1 N–H and O–H groups in total. The zero-order chi connectivity index (χ0) is 21.8. The summed E-state index contributed by atoms with van der Waals surface area (Å²) in [4.78, 5) is 17.0. The van der Waals surface area contributed by atoms with Gasteiger partial charge in [0.2, 0.25) is 15.9 Å². The van der Waals surface area contributed by atoms with Crippen LogP contribution in [-0.4, -0.2) is 36.7 Å². The van der Waals surface area contributed by atoms with E-state index >= 15 is 0 Å². The molecule has 0 bridgehead atoms. The highest BCUT2D eigenvalue weighted by Gasteiger charge is 2.26. The molecule has 1 amide bonds. The molecule has 1 heterocycles. The zero-order valence-corrected chi connectivity index (χ0v) is 19.9. The van der Waals surface area contributed by atoms with Gasteiger partial charge in [-0.05, 0) is 42.9 Å². The minimum absolute atomic E-state index is 0.0399. The standard InChI is InChI=1S/C21H33N3O3S2/c1-7-16(8-2)20(25)23-21-22-18-10-9-17(11-19(18)28-21)29(26,27)24(12-14(3)4)13-15(5)6/h9-11,14-16H,7-8,12-13H2,1-6H3,(H,22,23,25). The molecule has 0 fully saturated rings. The van der Waals surface area contributed by atoms with Crippen LogP contribution >= 0.6 is 11.3 Å². The topological polar surface area (TPSA) is 79.4 Å². The molecular formula is C21H33N3O3S2. The number of carbonyl (C=O) groups is 1. The Morgan fingerprint density at radius 3 is 2.21 bits per heavy atom. The van der Waals surface area contributed by atoms with Gasteiger partial charge in [0, 0.05) is 19.0 Å². The van der Waals surface area contributed by atoms with Crippen molar-refractivity contribution < 1.29 is 13.2 Å². The smallest absolute Gasteiger partial charge is 0.243 e. The van der Waals surface area contributed by atoms with Crippen molar-refractivity contribution in [3.05, 3.63) is 18.2 Å². The first kappa shape index (κ1) is 23.8. The number of aromatic nitrogens is 1. The Labute approximate surface area is 178 Å². The van der Waals surface area contributed by atoms with E-state index < -0.39 is 10.0 Å². The second-order valence-electron chi connectivity index (χ2n) is 8.26. The van der Waals surface area contributed by atoms with Crippen molar-refractivity contribution in [2.24, 2.45) is 17.8 Å². The summed E-state index contributed by atoms with van der Waals surface area (Å²) in [7, 11) is -3.59. The number of fused-ring (bicyclic) bond motifs is 1. The van der Waals surface area contributed by atoms with Gasteiger partial charge in [-0.3, -0.25) is 4.79 Å². The van der Waals surface area contributed by atoms with E-state index in [0.717, 1.165) is 17.5 Å². The maximum Gasteiger partial charge on any atom is 0.243 e. The average molecular weight is 440 g/mol. The largest absolute Gasteiger partial charge is 0.302 e. The molecule has 2 rings (SSSR count). The highest BCUT2D eigenvalue weighted by atomic mass is 32.2. The van der Waals surface area contributed by atoms with Crippen LogP contribution in [0.5, 0.6) is 0 Å². The van der Waals surface area contributed by atoms with Crippen LogP contribution in [0.2, 0.25) is 0 Å². The number of thiazole rings is 1. The second kappa shape index (κ2) is 10.00. The third kappa shape index (κ3) is 5.99. The maximum atomic E-state index is 13.2. The first-order valence-electron chi connectivity index (χ1n) is 10.3. The molecule has 0 unspecified atom stereocenters. The number of nitrogens with one attached hydrogen (secondary N) is 1. The average Bonchev–Trinajstić information content (AvgIpc) is 3.02. The van der Waals surface area contributed by atoms with Crippen LogP contribution in [-0.2, 0) is 14.8 Å². The maximum absolute atomic E-state index is 13.2. The van der Waals surface area contributed by atoms with Gasteiger partial charge in [-0.25, -0.2) is 13.4 Å². The van der Waals surface area contributed by atoms with E-state index in [4.69, 9.17) is 0 Å². The summed E-state index contributed by atoms with van der Waals surface area (Å²) in [6.45, 7) is 13.0. The van der Waals surface area contributed by atoms with Crippen LogP contribution in [0.25, 0.3) is 10.2 Å². The van der Waals surface area contributed by atoms with Gasteiger partial charge >= 0.3 is 0 Å². The molecule has 0 aliphatic carbocycles. The summed E-state index contributed by atoms with van der Waals surface area (Å²) in [6.07, 6.45) is 1.55. The summed E-state index contributed by atoms with van der Waals surface area (Å²) < 4.78 is 28.8. The minimum Gasteiger partial charge on any atom is -0.302 e. The van der Waals surface area contributed by atoms with Crippen molar-refractivity contribution in [2.75, 3.05) is 18.4 Å². The quantitative estimate of drug-likeness (QED) is 0.566. The summed E-state index contributed by atoms with van der Waals surface area (Å²) in [6, 6.07) is 4.99. The van der Waals surface area contributed by atoms with Gasteiger partial charge in [-0.2, -0.15) is 4.31 Å². The molecule has 0 saturated heterocycles. The summed E-state index contributed by atoms with van der Waals surface area (Å²) >= 11 is 1.31. The van der Waals surface area contributed by atoms with Crippen molar-refractivity contribution in [2.45, 2.75) is 59.3 Å². The number of rotatable bonds is 10. The third-order valence-corrected chi connectivity index (χ3v) is 7.48. The fraction of sp³-hybridized carbons (Fsp3) is 0.619. The fourth-order valence-electron chi connectivity index (χ4n) is 3.22. The Hall–Kier alpha value is -1.51. The number of sulfonamides is 1. The number of hydrogen-bond acceptors (Lipinski definition) is 5. The van der Waals surface area contributed by atoms with Gasteiger partial charge in [0.1, 0.15) is 0 Å². The van der Waals surface area contributed by atoms with Crippen molar-refractivity contribution in [1.29, 1.82) is 0 Å². The Bertz CT molecular complexity index is 922. The molecule has 0 atom stereocenters. The van der Waals surface area contributed by atoms with Gasteiger partial charge < -0.3 is 5.32 Å². The molecule has 1 aromatic carbocycles. The lowest BCUT2D eigenvalue weighted by atomic mass is 10.0. The van der Waals surface area contributed by atoms with Crippen molar-refractivity contribution >= 4 is 42.6 Å². The number of carbonyl (C=O) groups excluding carboxylic acids is 1. The molecule has 0 aliphatic rings. The molecule has 162 valence electrons. The molecule has 8 heteroatoms. The predicted octanol–water partition coefficient (Wildman–Crippen LogP) is 4.97. The third-order valence-electron chi connectivity index (χ3n) is 4.72. The van der Waals surface area contributed by atoms with Crippen molar-refractivity contribution in [3.63, 3.8) is 0 Å². The lowest BCUT2D eigenvalue weighted by Gasteiger charge is -2.25. The Kier molecular flexibility index (Phi) is 8.19. The zero-order valence-electron chi connectivity index (χ0n) is 18.2. The summed E-state index contributed by atoms with van der Waals surface area (Å²) in [5.41, 5.74) is 0.688. The summed E-state index contributed by atoms with van der Waals surface area (Å²) in [5.74, 6) is 0.394. The van der Waals surface area contributed by atoms with Gasteiger partial charge in [-0.15, -0.1) is 0 Å². The normalized spacial score (nSPS) is 12.6. The first-order valence-corrected chi connectivity index (χ1v) is 12.6. The minimum atomic E-state index is -3.59. The lowest BCUT2D eigenvalue weighted by molar-refractivity contribution is -0.120. The van der Waals surface area contributed by atoms with E-state index in [-0.39, 0.29) is 28.6 Å². The number of benzene rings is 1. The van der Waals surface area contributed by atoms with Crippen LogP contribution in [0.1, 0.15) is 54.4 Å². The molecule has 0 saturated carbocycles. The van der Waals surface area contributed by atoms with Gasteiger partial charge in [-0.1, -0.05) is 52.9 Å². The molecule has 0 aliphatic heterocycles. The molecule has 29 heavy (non-hydrogen) atoms. The number of anilines is 1. The second-order valence-corrected chi connectivity index (χ2v) is 11.2. The fourth-order valence-corrected chi connectivity index (χ4v) is 6.00. The predicted molar refractivity (Wildman–Crippen MR) is 121 cm³/mol. The Morgan fingerprint density at radius 2 is 1.69 bits per heavy atom. The molecule has 6 nitrogen and oxygen atoms in total. The highest BCUT2D eigenvalue weighted by molar-refractivity contribution is 7.89. The highest BCUT2D eigenvalue weighted by Crippen LogP contribution is 2.30. The van der Waals surface area contributed by atoms with Crippen LogP contribution < -0.4 is 5.32 Å². The SMILES string of the molecule is CCC(CC)C(=O)Nc1nc2ccc(S(=O)(=O)N(CC(C)C)CC(C)C)cc2s1. The Balaban J connectivity index is 2.33. The van der Waals surface area contributed by atoms with E-state index in [1.807, 2.05) is 41.5 Å². The Morgan fingerprint density at radius 1 is 1.10 bits per heavy atom. The number of hydrogen-bond donors (Lipinski definition) is 1. The van der Waals surface area contributed by atoms with E-state index in [1.54, 1.807) is 22.5 Å². The molecule has 1 aromatic heterocycles. The molecule has 2 aromatic rings. The van der Waals surface area contributed by atoms with Crippen LogP contribution in [0.4, 0.5) is 5.13 Å². The molecular weight excluding hydrogens is 406 g/mol. The van der Waals surface area contributed by atoms with Crippen LogP contribution in [0.15, 0.2) is 23.1 Å². The van der Waals surface area contributed by atoms with E-state index in [0.29, 0.717) is 23.7 Å². The van der Waals surface area contributed by atoms with Gasteiger partial charge in [0.05, 0.1) is 15.1 Å². The van der Waals surface area contributed by atoms with Crippen LogP contribution in [0.3, 0.4) is 0 Å². The number of amides is 1. The van der Waals surface area contributed by atoms with Gasteiger partial charge in [0.25, 0.3) is 0 Å². The molecule has 0 radical (unpaired) electrons. The van der Waals surface area contributed by atoms with E-state index in [2.05, 4.69) is 10.3 Å².